The molecule has 0 N–H and O–H groups in total. The number of benzene rings is 1. The highest BCUT2D eigenvalue weighted by Gasteiger charge is 2.29. The zero-order valence-corrected chi connectivity index (χ0v) is 8.80. The lowest BCUT2D eigenvalue weighted by atomic mass is 10.1. The zero-order valence-electron chi connectivity index (χ0n) is 8.05. The van der Waals surface area contributed by atoms with Crippen molar-refractivity contribution >= 4 is 11.6 Å². The van der Waals surface area contributed by atoms with E-state index in [2.05, 4.69) is 0 Å². The maximum absolute atomic E-state index is 12.8. The first-order valence-electron chi connectivity index (χ1n) is 5.14. The molecule has 0 saturated heterocycles. The van der Waals surface area contributed by atoms with Crippen molar-refractivity contribution in [2.75, 3.05) is 0 Å². The van der Waals surface area contributed by atoms with Gasteiger partial charge in [0.15, 0.2) is 0 Å². The summed E-state index contributed by atoms with van der Waals surface area (Å²) in [7, 11) is 0. The van der Waals surface area contributed by atoms with Crippen LogP contribution < -0.4 is 0 Å². The highest BCUT2D eigenvalue weighted by molar-refractivity contribution is 6.20. The standard InChI is InChI=1S/C12H14ClF/c13-12(10-5-6-10)7-4-9-2-1-3-11(14)8-9/h1-3,8,10,12H,4-7H2. The van der Waals surface area contributed by atoms with Crippen LogP contribution >= 0.6 is 11.6 Å². The van der Waals surface area contributed by atoms with E-state index in [1.807, 2.05) is 6.07 Å². The highest BCUT2D eigenvalue weighted by atomic mass is 35.5. The van der Waals surface area contributed by atoms with Crippen LogP contribution in [0.2, 0.25) is 0 Å². The monoisotopic (exact) mass is 212 g/mol. The van der Waals surface area contributed by atoms with Crippen LogP contribution in [0.4, 0.5) is 4.39 Å². The summed E-state index contributed by atoms with van der Waals surface area (Å²) in [6.07, 6.45) is 4.41. The van der Waals surface area contributed by atoms with E-state index in [1.54, 1.807) is 12.1 Å². The van der Waals surface area contributed by atoms with Gasteiger partial charge in [0.1, 0.15) is 5.82 Å². The van der Waals surface area contributed by atoms with Crippen molar-refractivity contribution in [1.82, 2.24) is 0 Å². The number of alkyl halides is 1. The van der Waals surface area contributed by atoms with E-state index in [0.29, 0.717) is 5.38 Å². The van der Waals surface area contributed by atoms with Gasteiger partial charge in [0.05, 0.1) is 0 Å². The summed E-state index contributed by atoms with van der Waals surface area (Å²) in [6.45, 7) is 0. The lowest BCUT2D eigenvalue weighted by Crippen LogP contribution is -2.02. The van der Waals surface area contributed by atoms with Gasteiger partial charge < -0.3 is 0 Å². The minimum Gasteiger partial charge on any atom is -0.207 e. The number of aryl methyl sites for hydroxylation is 1. The molecule has 2 heteroatoms. The number of rotatable bonds is 4. The van der Waals surface area contributed by atoms with Crippen molar-refractivity contribution in [2.24, 2.45) is 5.92 Å². The van der Waals surface area contributed by atoms with Gasteiger partial charge in [0.2, 0.25) is 0 Å². The summed E-state index contributed by atoms with van der Waals surface area (Å²) < 4.78 is 12.8. The molecule has 2 rings (SSSR count). The Morgan fingerprint density at radius 1 is 1.43 bits per heavy atom. The maximum atomic E-state index is 12.8. The normalized spacial score (nSPS) is 18.1. The van der Waals surface area contributed by atoms with Gasteiger partial charge in [-0.05, 0) is 49.3 Å². The fourth-order valence-corrected chi connectivity index (χ4v) is 2.05. The summed E-state index contributed by atoms with van der Waals surface area (Å²) in [5.41, 5.74) is 1.05. The summed E-state index contributed by atoms with van der Waals surface area (Å²) in [5.74, 6) is 0.574. The Morgan fingerprint density at radius 2 is 2.21 bits per heavy atom. The summed E-state index contributed by atoms with van der Waals surface area (Å²) in [5, 5.41) is 0.290. The Bertz CT molecular complexity index is 307. The Balaban J connectivity index is 1.84. The second-order valence-corrected chi connectivity index (χ2v) is 4.58. The fraction of sp³-hybridized carbons (Fsp3) is 0.500. The third-order valence-electron chi connectivity index (χ3n) is 2.73. The highest BCUT2D eigenvalue weighted by Crippen LogP contribution is 2.37. The van der Waals surface area contributed by atoms with Crippen LogP contribution in [-0.2, 0) is 6.42 Å². The van der Waals surface area contributed by atoms with Crippen molar-refractivity contribution in [3.05, 3.63) is 35.6 Å². The molecule has 1 aromatic carbocycles. The second kappa shape index (κ2) is 4.31. The summed E-state index contributed by atoms with van der Waals surface area (Å²) in [4.78, 5) is 0. The molecule has 0 heterocycles. The molecule has 1 atom stereocenters. The van der Waals surface area contributed by atoms with E-state index in [-0.39, 0.29) is 5.82 Å². The molecule has 76 valence electrons. The molecule has 0 amide bonds. The van der Waals surface area contributed by atoms with Gasteiger partial charge in [-0.1, -0.05) is 12.1 Å². The smallest absolute Gasteiger partial charge is 0.123 e. The van der Waals surface area contributed by atoms with E-state index < -0.39 is 0 Å². The van der Waals surface area contributed by atoms with Gasteiger partial charge >= 0.3 is 0 Å². The molecule has 1 saturated carbocycles. The van der Waals surface area contributed by atoms with Gasteiger partial charge in [-0.3, -0.25) is 0 Å². The second-order valence-electron chi connectivity index (χ2n) is 4.02. The van der Waals surface area contributed by atoms with Crippen LogP contribution in [0.5, 0.6) is 0 Å². The lowest BCUT2D eigenvalue weighted by Gasteiger charge is -2.07. The minimum atomic E-state index is -0.153. The van der Waals surface area contributed by atoms with Crippen LogP contribution in [0.1, 0.15) is 24.8 Å². The van der Waals surface area contributed by atoms with Crippen LogP contribution in [0, 0.1) is 11.7 Å². The maximum Gasteiger partial charge on any atom is 0.123 e. The number of halogens is 2. The summed E-state index contributed by atoms with van der Waals surface area (Å²) >= 11 is 6.17. The molecule has 0 spiro atoms. The molecule has 1 unspecified atom stereocenters. The van der Waals surface area contributed by atoms with Crippen molar-refractivity contribution in [2.45, 2.75) is 31.1 Å². The Kier molecular flexibility index (Phi) is 3.07. The van der Waals surface area contributed by atoms with E-state index in [0.717, 1.165) is 24.3 Å². The van der Waals surface area contributed by atoms with Gasteiger partial charge in [0, 0.05) is 5.38 Å². The van der Waals surface area contributed by atoms with Crippen LogP contribution in [0.3, 0.4) is 0 Å². The van der Waals surface area contributed by atoms with Crippen LogP contribution in [-0.4, -0.2) is 5.38 Å². The third kappa shape index (κ3) is 2.71. The number of hydrogen-bond donors (Lipinski definition) is 0. The minimum absolute atomic E-state index is 0.153. The topological polar surface area (TPSA) is 0 Å². The van der Waals surface area contributed by atoms with Gasteiger partial charge in [-0.2, -0.15) is 0 Å². The fourth-order valence-electron chi connectivity index (χ4n) is 1.69. The molecule has 14 heavy (non-hydrogen) atoms. The zero-order chi connectivity index (χ0) is 9.97. The largest absolute Gasteiger partial charge is 0.207 e. The molecule has 0 aromatic heterocycles. The molecule has 0 bridgehead atoms. The molecule has 0 radical (unpaired) electrons. The predicted octanol–water partition coefficient (Wildman–Crippen LogP) is 3.78. The van der Waals surface area contributed by atoms with Crippen LogP contribution in [0.25, 0.3) is 0 Å². The predicted molar refractivity (Wildman–Crippen MR) is 57.1 cm³/mol. The molecule has 1 aliphatic rings. The SMILES string of the molecule is Fc1cccc(CCC(Cl)C2CC2)c1. The van der Waals surface area contributed by atoms with E-state index in [9.17, 15) is 4.39 Å². The molecular formula is C12H14ClF. The van der Waals surface area contributed by atoms with Gasteiger partial charge in [0.25, 0.3) is 0 Å². The number of hydrogen-bond acceptors (Lipinski definition) is 0. The first-order valence-corrected chi connectivity index (χ1v) is 5.58. The molecular weight excluding hydrogens is 199 g/mol. The molecule has 0 nitrogen and oxygen atoms in total. The van der Waals surface area contributed by atoms with Crippen LogP contribution in [0.15, 0.2) is 24.3 Å². The Hall–Kier alpha value is -0.560. The van der Waals surface area contributed by atoms with Crippen molar-refractivity contribution in [3.8, 4) is 0 Å². The first-order chi connectivity index (χ1) is 6.75. The molecule has 1 fully saturated rings. The van der Waals surface area contributed by atoms with Crippen molar-refractivity contribution in [1.29, 1.82) is 0 Å². The van der Waals surface area contributed by atoms with Gasteiger partial charge in [-0.15, -0.1) is 11.6 Å². The van der Waals surface area contributed by atoms with E-state index in [1.165, 1.54) is 18.9 Å². The van der Waals surface area contributed by atoms with Gasteiger partial charge in [-0.25, -0.2) is 4.39 Å². The van der Waals surface area contributed by atoms with E-state index in [4.69, 9.17) is 11.6 Å². The quantitative estimate of drug-likeness (QED) is 0.667. The average Bonchev–Trinajstić information content (AvgIpc) is 2.97. The Labute approximate surface area is 89.1 Å². The van der Waals surface area contributed by atoms with Crippen molar-refractivity contribution < 1.29 is 4.39 Å². The average molecular weight is 213 g/mol. The van der Waals surface area contributed by atoms with Crippen molar-refractivity contribution in [3.63, 3.8) is 0 Å². The molecule has 1 aliphatic carbocycles. The van der Waals surface area contributed by atoms with E-state index >= 15 is 0 Å². The first kappa shape index (κ1) is 9.97. The molecule has 1 aromatic rings. The summed E-state index contributed by atoms with van der Waals surface area (Å²) in [6, 6.07) is 6.78. The lowest BCUT2D eigenvalue weighted by molar-refractivity contribution is 0.621. The Morgan fingerprint density at radius 3 is 2.86 bits per heavy atom. The third-order valence-corrected chi connectivity index (χ3v) is 3.31. The molecule has 0 aliphatic heterocycles.